The number of carboxylic acids is 4. The highest BCUT2D eigenvalue weighted by molar-refractivity contribution is 5.98. The molecule has 0 fully saturated rings. The average Bonchev–Trinajstić information content (AvgIpc) is 3.17. The molecule has 0 saturated carbocycles. The molecule has 27 heteroatoms. The van der Waals surface area contributed by atoms with Gasteiger partial charge in [0.2, 0.25) is 47.3 Å². The zero-order valence-electron chi connectivity index (χ0n) is 34.4. The first-order chi connectivity index (χ1) is 28.8. The lowest BCUT2D eigenvalue weighted by Crippen LogP contribution is -2.60. The van der Waals surface area contributed by atoms with Crippen molar-refractivity contribution in [2.75, 3.05) is 26.3 Å². The van der Waals surface area contributed by atoms with Crippen LogP contribution in [0.2, 0.25) is 0 Å². The fraction of sp³-hybridized carbons (Fsp3) is 0.657. The molecule has 0 aromatic rings. The van der Waals surface area contributed by atoms with E-state index in [1.165, 1.54) is 0 Å². The molecular formula is C35H57N9O18. The molecule has 27 nitrogen and oxygen atoms in total. The highest BCUT2D eigenvalue weighted by Crippen LogP contribution is 2.10. The van der Waals surface area contributed by atoms with Crippen molar-refractivity contribution in [2.24, 2.45) is 17.6 Å². The van der Waals surface area contributed by atoms with Gasteiger partial charge < -0.3 is 78.9 Å². The summed E-state index contributed by atoms with van der Waals surface area (Å²) in [6.45, 7) is 2.98. The molecule has 0 bridgehead atoms. The first-order valence-corrected chi connectivity index (χ1v) is 19.0. The van der Waals surface area contributed by atoms with Crippen molar-refractivity contribution >= 4 is 71.1 Å². The summed E-state index contributed by atoms with van der Waals surface area (Å²) in [5.41, 5.74) is 5.18. The molecule has 7 atom stereocenters. The van der Waals surface area contributed by atoms with E-state index in [4.69, 9.17) is 15.9 Å². The van der Waals surface area contributed by atoms with Gasteiger partial charge in [0, 0.05) is 6.42 Å². The van der Waals surface area contributed by atoms with Crippen LogP contribution in [0.3, 0.4) is 0 Å². The quantitative estimate of drug-likeness (QED) is 0.0319. The SMILES string of the molecule is CC(C)C[C@H](NC(=O)[C@H](CC(C)C)NC(=O)[C@H](CC(=O)O)NC(=O)[C@H](CO)NC(=O)CNC(=O)[C@H](CCC(=O)O)NC(=O)[C@H](CC(=O)O)NC(=O)CN)C(=O)N[C@@H](CO)C(=O)O. The fourth-order valence-corrected chi connectivity index (χ4v) is 5.24. The van der Waals surface area contributed by atoms with Crippen molar-refractivity contribution in [3.05, 3.63) is 0 Å². The van der Waals surface area contributed by atoms with E-state index >= 15 is 0 Å². The Hall–Kier alpha value is -6.48. The molecule has 0 heterocycles. The lowest BCUT2D eigenvalue weighted by atomic mass is 9.99. The van der Waals surface area contributed by atoms with Crippen LogP contribution >= 0.6 is 0 Å². The second kappa shape index (κ2) is 28.1. The number of carboxylic acid groups (broad SMARTS) is 4. The van der Waals surface area contributed by atoms with E-state index < -0.39 is 165 Å². The van der Waals surface area contributed by atoms with Gasteiger partial charge >= 0.3 is 23.9 Å². The third-order valence-electron chi connectivity index (χ3n) is 8.24. The van der Waals surface area contributed by atoms with Gasteiger partial charge in [0.25, 0.3) is 0 Å². The zero-order valence-corrected chi connectivity index (χ0v) is 34.4. The average molecular weight is 892 g/mol. The van der Waals surface area contributed by atoms with Crippen molar-refractivity contribution < 1.29 is 88.2 Å². The highest BCUT2D eigenvalue weighted by atomic mass is 16.4. The minimum absolute atomic E-state index is 0.0132. The Morgan fingerprint density at radius 2 is 0.823 bits per heavy atom. The summed E-state index contributed by atoms with van der Waals surface area (Å²) in [6, 6.07) is -11.8. The Bertz CT molecular complexity index is 1640. The third kappa shape index (κ3) is 22.2. The summed E-state index contributed by atoms with van der Waals surface area (Å²) in [5, 5.41) is 73.2. The van der Waals surface area contributed by atoms with Crippen LogP contribution in [0.15, 0.2) is 0 Å². The van der Waals surface area contributed by atoms with E-state index in [1.54, 1.807) is 27.7 Å². The number of nitrogens with one attached hydrogen (secondary N) is 8. The van der Waals surface area contributed by atoms with Crippen molar-refractivity contribution in [2.45, 2.75) is 109 Å². The number of amides is 8. The first kappa shape index (κ1) is 55.5. The zero-order chi connectivity index (χ0) is 47.9. The van der Waals surface area contributed by atoms with E-state index in [0.29, 0.717) is 0 Å². The normalized spacial score (nSPS) is 14.3. The van der Waals surface area contributed by atoms with Crippen LogP contribution in [0.1, 0.15) is 66.2 Å². The summed E-state index contributed by atoms with van der Waals surface area (Å²) in [4.78, 5) is 149. The Labute approximate surface area is 354 Å². The number of carbonyl (C=O) groups is 12. The molecule has 16 N–H and O–H groups in total. The lowest BCUT2D eigenvalue weighted by Gasteiger charge is -2.27. The molecule has 62 heavy (non-hydrogen) atoms. The number of aliphatic carboxylic acids is 4. The minimum Gasteiger partial charge on any atom is -0.481 e. The maximum atomic E-state index is 13.5. The Morgan fingerprint density at radius 3 is 1.21 bits per heavy atom. The Morgan fingerprint density at radius 1 is 0.452 bits per heavy atom. The van der Waals surface area contributed by atoms with E-state index in [2.05, 4.69) is 26.6 Å². The Kier molecular flexibility index (Phi) is 25.2. The first-order valence-electron chi connectivity index (χ1n) is 19.0. The molecule has 0 aromatic heterocycles. The van der Waals surface area contributed by atoms with Gasteiger partial charge in [-0.2, -0.15) is 0 Å². The Balaban J connectivity index is 6.01. The monoisotopic (exact) mass is 891 g/mol. The summed E-state index contributed by atoms with van der Waals surface area (Å²) in [6.07, 6.45) is -3.44. The molecular weight excluding hydrogens is 834 g/mol. The van der Waals surface area contributed by atoms with Gasteiger partial charge in [0.05, 0.1) is 39.1 Å². The molecule has 0 unspecified atom stereocenters. The van der Waals surface area contributed by atoms with Crippen LogP contribution in [0.25, 0.3) is 0 Å². The van der Waals surface area contributed by atoms with Crippen molar-refractivity contribution in [3.63, 3.8) is 0 Å². The molecule has 0 aliphatic heterocycles. The predicted octanol–water partition coefficient (Wildman–Crippen LogP) is -6.57. The van der Waals surface area contributed by atoms with Crippen molar-refractivity contribution in [1.29, 1.82) is 0 Å². The fourth-order valence-electron chi connectivity index (χ4n) is 5.24. The summed E-state index contributed by atoms with van der Waals surface area (Å²) in [7, 11) is 0. The summed E-state index contributed by atoms with van der Waals surface area (Å²) < 4.78 is 0. The highest BCUT2D eigenvalue weighted by Gasteiger charge is 2.34. The van der Waals surface area contributed by atoms with Crippen LogP contribution in [0.4, 0.5) is 0 Å². The smallest absolute Gasteiger partial charge is 0.328 e. The number of rotatable bonds is 30. The van der Waals surface area contributed by atoms with Crippen LogP contribution in [0, 0.1) is 11.8 Å². The van der Waals surface area contributed by atoms with Crippen LogP contribution in [-0.2, 0) is 57.5 Å². The van der Waals surface area contributed by atoms with Gasteiger partial charge in [-0.3, -0.25) is 52.7 Å². The topological polar surface area (TPSA) is 448 Å². The number of aliphatic hydroxyl groups is 2. The summed E-state index contributed by atoms with van der Waals surface area (Å²) in [5.74, 6) is -15.6. The molecule has 350 valence electrons. The van der Waals surface area contributed by atoms with Crippen molar-refractivity contribution in [1.82, 2.24) is 42.5 Å². The standard InChI is InChI=1S/C35H57N9O18/c1-15(2)7-18(30(56)41-19(8-16(3)4)31(57)44-23(14-46)35(61)62)42-33(59)21(10-28(53)54)43-34(60)22(13-45)39-25(48)12-37-29(55)17(5-6-26(49)50)40-32(58)20(9-27(51)52)38-24(47)11-36/h15-23,45-46H,5-14,36H2,1-4H3,(H,37,55)(H,38,47)(H,39,48)(H,40,58)(H,41,56)(H,42,59)(H,43,60)(H,44,57)(H,49,50)(H,51,52)(H,53,54)(H,61,62)/t17-,18-,19-,20-,21-,22-,23-/m0/s1. The van der Waals surface area contributed by atoms with Gasteiger partial charge in [-0.15, -0.1) is 0 Å². The maximum absolute atomic E-state index is 13.5. The molecule has 0 aromatic carbocycles. The molecule has 0 saturated heterocycles. The van der Waals surface area contributed by atoms with Gasteiger partial charge in [0.1, 0.15) is 42.3 Å². The van der Waals surface area contributed by atoms with E-state index in [1.807, 2.05) is 16.0 Å². The second-order valence-electron chi connectivity index (χ2n) is 14.6. The largest absolute Gasteiger partial charge is 0.481 e. The van der Waals surface area contributed by atoms with Gasteiger partial charge in [0.15, 0.2) is 0 Å². The van der Waals surface area contributed by atoms with Crippen molar-refractivity contribution in [3.8, 4) is 0 Å². The maximum Gasteiger partial charge on any atom is 0.328 e. The van der Waals surface area contributed by atoms with Crippen LogP contribution in [-0.4, -0.2) is 170 Å². The van der Waals surface area contributed by atoms with Gasteiger partial charge in [-0.05, 0) is 31.1 Å². The molecule has 0 rings (SSSR count). The van der Waals surface area contributed by atoms with E-state index in [0.717, 1.165) is 0 Å². The molecule has 0 aliphatic carbocycles. The summed E-state index contributed by atoms with van der Waals surface area (Å²) >= 11 is 0. The van der Waals surface area contributed by atoms with Gasteiger partial charge in [-0.25, -0.2) is 4.79 Å². The number of nitrogens with two attached hydrogens (primary N) is 1. The number of carbonyl (C=O) groups excluding carboxylic acids is 8. The predicted molar refractivity (Wildman–Crippen MR) is 208 cm³/mol. The molecule has 0 spiro atoms. The third-order valence-corrected chi connectivity index (χ3v) is 8.24. The minimum atomic E-state index is -1.94. The number of hydrogen-bond donors (Lipinski definition) is 15. The second-order valence-corrected chi connectivity index (χ2v) is 14.6. The lowest BCUT2D eigenvalue weighted by molar-refractivity contribution is -0.143. The molecule has 0 radical (unpaired) electrons. The van der Waals surface area contributed by atoms with Crippen LogP contribution in [0.5, 0.6) is 0 Å². The van der Waals surface area contributed by atoms with E-state index in [-0.39, 0.29) is 24.7 Å². The van der Waals surface area contributed by atoms with Crippen LogP contribution < -0.4 is 48.3 Å². The van der Waals surface area contributed by atoms with Gasteiger partial charge in [-0.1, -0.05) is 27.7 Å². The number of hydrogen-bond acceptors (Lipinski definition) is 15. The number of aliphatic hydroxyl groups excluding tert-OH is 2. The molecule has 0 aliphatic rings. The molecule has 8 amide bonds. The van der Waals surface area contributed by atoms with E-state index in [9.17, 15) is 78.0 Å².